The maximum atomic E-state index is 12.7. The molecule has 1 aliphatic heterocycles. The summed E-state index contributed by atoms with van der Waals surface area (Å²) in [6.45, 7) is -0.698. The van der Waals surface area contributed by atoms with Gasteiger partial charge in [-0.3, -0.25) is 18.7 Å². The Morgan fingerprint density at radius 1 is 1.19 bits per heavy atom. The fraction of sp³-hybridized carbons (Fsp3) is 0.278. The number of alkyl halides is 2. The summed E-state index contributed by atoms with van der Waals surface area (Å²) in [6, 6.07) is 5.69. The van der Waals surface area contributed by atoms with Crippen LogP contribution in [0.15, 0.2) is 39.6 Å². The van der Waals surface area contributed by atoms with Gasteiger partial charge >= 0.3 is 12.3 Å². The standard InChI is InChI=1S/C18H17F2N3O4/c1-3-8-23-15-13(16(25)22(2)18(23)26)14(24)12(21-15)9-10-4-6-11(7-5-10)27-17(19)20/h4-7,9,17,21H,3,8H2,1-2H3/b12-9-. The van der Waals surface area contributed by atoms with E-state index in [1.165, 1.54) is 42.0 Å². The van der Waals surface area contributed by atoms with Crippen LogP contribution in [-0.2, 0) is 13.6 Å². The van der Waals surface area contributed by atoms with Crippen molar-refractivity contribution < 1.29 is 18.3 Å². The summed E-state index contributed by atoms with van der Waals surface area (Å²) in [5.74, 6) is -0.353. The molecule has 0 amide bonds. The number of ketones is 1. The van der Waals surface area contributed by atoms with Crippen LogP contribution in [0.25, 0.3) is 6.08 Å². The molecule has 1 aromatic carbocycles. The molecule has 0 radical (unpaired) electrons. The van der Waals surface area contributed by atoms with Crippen LogP contribution in [0.5, 0.6) is 5.75 Å². The number of carbonyl (C=O) groups excluding carboxylic acids is 1. The van der Waals surface area contributed by atoms with E-state index < -0.39 is 23.6 Å². The highest BCUT2D eigenvalue weighted by atomic mass is 19.3. The number of anilines is 1. The summed E-state index contributed by atoms with van der Waals surface area (Å²) in [5.41, 5.74) is -0.587. The van der Waals surface area contributed by atoms with Gasteiger partial charge < -0.3 is 10.1 Å². The van der Waals surface area contributed by atoms with Crippen molar-refractivity contribution in [2.75, 3.05) is 5.32 Å². The van der Waals surface area contributed by atoms with Crippen LogP contribution in [0.2, 0.25) is 0 Å². The molecule has 0 unspecified atom stereocenters. The second-order valence-electron chi connectivity index (χ2n) is 5.98. The Hall–Kier alpha value is -3.23. The van der Waals surface area contributed by atoms with Gasteiger partial charge in [0.1, 0.15) is 17.1 Å². The van der Waals surface area contributed by atoms with Crippen molar-refractivity contribution in [2.45, 2.75) is 26.5 Å². The number of fused-ring (bicyclic) bond motifs is 1. The maximum Gasteiger partial charge on any atom is 0.387 e. The third-order valence-electron chi connectivity index (χ3n) is 4.13. The Morgan fingerprint density at radius 3 is 2.44 bits per heavy atom. The van der Waals surface area contributed by atoms with Crippen molar-refractivity contribution in [1.29, 1.82) is 0 Å². The number of carbonyl (C=O) groups is 1. The van der Waals surface area contributed by atoms with Crippen molar-refractivity contribution >= 4 is 17.7 Å². The number of aromatic nitrogens is 2. The lowest BCUT2D eigenvalue weighted by Crippen LogP contribution is -2.40. The number of nitrogens with one attached hydrogen (secondary N) is 1. The van der Waals surface area contributed by atoms with Gasteiger partial charge in [-0.2, -0.15) is 8.78 Å². The molecule has 3 rings (SSSR count). The van der Waals surface area contributed by atoms with Gasteiger partial charge in [0.15, 0.2) is 0 Å². The minimum absolute atomic E-state index is 0.00760. The number of halogens is 2. The number of Topliss-reactive ketones (excluding diaryl/α,β-unsaturated/α-hetero) is 1. The van der Waals surface area contributed by atoms with E-state index in [2.05, 4.69) is 10.1 Å². The molecule has 1 aliphatic rings. The van der Waals surface area contributed by atoms with Crippen LogP contribution in [0, 0.1) is 0 Å². The number of rotatable bonds is 5. The van der Waals surface area contributed by atoms with Crippen molar-refractivity contribution in [3.63, 3.8) is 0 Å². The van der Waals surface area contributed by atoms with Crippen LogP contribution in [0.3, 0.4) is 0 Å². The molecule has 9 heteroatoms. The minimum Gasteiger partial charge on any atom is -0.435 e. The van der Waals surface area contributed by atoms with E-state index in [1.807, 2.05) is 6.92 Å². The molecule has 0 atom stereocenters. The third-order valence-corrected chi connectivity index (χ3v) is 4.13. The summed E-state index contributed by atoms with van der Waals surface area (Å²) in [5, 5.41) is 2.85. The highest BCUT2D eigenvalue weighted by Gasteiger charge is 2.32. The van der Waals surface area contributed by atoms with Gasteiger partial charge in [-0.05, 0) is 30.2 Å². The van der Waals surface area contributed by atoms with Crippen molar-refractivity contribution in [1.82, 2.24) is 9.13 Å². The number of hydrogen-bond donors (Lipinski definition) is 1. The van der Waals surface area contributed by atoms with E-state index in [0.29, 0.717) is 18.5 Å². The van der Waals surface area contributed by atoms with Crippen molar-refractivity contribution in [3.8, 4) is 5.75 Å². The van der Waals surface area contributed by atoms with Gasteiger partial charge in [0.05, 0.1) is 5.70 Å². The highest BCUT2D eigenvalue weighted by Crippen LogP contribution is 2.26. The van der Waals surface area contributed by atoms with E-state index in [-0.39, 0.29) is 22.8 Å². The lowest BCUT2D eigenvalue weighted by molar-refractivity contribution is -0.0498. The molecule has 1 aromatic heterocycles. The summed E-state index contributed by atoms with van der Waals surface area (Å²) >= 11 is 0. The first-order valence-electron chi connectivity index (χ1n) is 8.25. The summed E-state index contributed by atoms with van der Waals surface area (Å²) < 4.78 is 31.0. The Bertz CT molecular complexity index is 1040. The highest BCUT2D eigenvalue weighted by molar-refractivity contribution is 6.19. The van der Waals surface area contributed by atoms with Gasteiger partial charge in [-0.1, -0.05) is 19.1 Å². The lowest BCUT2D eigenvalue weighted by Gasteiger charge is -2.11. The SMILES string of the molecule is CCCn1c2c(c(=O)n(C)c1=O)C(=O)/C(=C/c1ccc(OC(F)F)cc1)N2. The second-order valence-corrected chi connectivity index (χ2v) is 5.98. The predicted molar refractivity (Wildman–Crippen MR) is 95.2 cm³/mol. The Balaban J connectivity index is 2.00. The largest absolute Gasteiger partial charge is 0.435 e. The Kier molecular flexibility index (Phi) is 4.93. The van der Waals surface area contributed by atoms with Crippen LogP contribution in [0.4, 0.5) is 14.6 Å². The van der Waals surface area contributed by atoms with Crippen LogP contribution in [-0.4, -0.2) is 21.5 Å². The Morgan fingerprint density at radius 2 is 1.85 bits per heavy atom. The smallest absolute Gasteiger partial charge is 0.387 e. The first kappa shape index (κ1) is 18.6. The summed E-state index contributed by atoms with van der Waals surface area (Å²) in [7, 11) is 1.33. The molecule has 0 saturated carbocycles. The molecular formula is C18H17F2N3O4. The molecule has 142 valence electrons. The predicted octanol–water partition coefficient (Wildman–Crippen LogP) is 2.21. The van der Waals surface area contributed by atoms with Crippen molar-refractivity contribution in [2.24, 2.45) is 7.05 Å². The average Bonchev–Trinajstić information content (AvgIpc) is 2.94. The minimum atomic E-state index is -2.92. The lowest BCUT2D eigenvalue weighted by atomic mass is 10.1. The monoisotopic (exact) mass is 377 g/mol. The third kappa shape index (κ3) is 3.40. The molecule has 0 aliphatic carbocycles. The zero-order valence-corrected chi connectivity index (χ0v) is 14.7. The van der Waals surface area contributed by atoms with Crippen LogP contribution in [0.1, 0.15) is 29.3 Å². The molecule has 0 saturated heterocycles. The first-order chi connectivity index (χ1) is 12.8. The van der Waals surface area contributed by atoms with Crippen molar-refractivity contribution in [3.05, 3.63) is 61.9 Å². The fourth-order valence-electron chi connectivity index (χ4n) is 2.87. The first-order valence-corrected chi connectivity index (χ1v) is 8.25. The molecule has 0 fully saturated rings. The molecule has 2 heterocycles. The van der Waals surface area contributed by atoms with Crippen LogP contribution < -0.4 is 21.3 Å². The molecule has 2 aromatic rings. The summed E-state index contributed by atoms with van der Waals surface area (Å²) in [6.07, 6.45) is 2.12. The summed E-state index contributed by atoms with van der Waals surface area (Å²) in [4.78, 5) is 37.4. The molecule has 27 heavy (non-hydrogen) atoms. The fourth-order valence-corrected chi connectivity index (χ4v) is 2.87. The number of nitrogens with zero attached hydrogens (tertiary/aromatic N) is 2. The van der Waals surface area contributed by atoms with E-state index in [0.717, 1.165) is 4.57 Å². The van der Waals surface area contributed by atoms with E-state index in [4.69, 9.17) is 0 Å². The van der Waals surface area contributed by atoms with E-state index >= 15 is 0 Å². The quantitative estimate of drug-likeness (QED) is 0.808. The zero-order valence-electron chi connectivity index (χ0n) is 14.7. The van der Waals surface area contributed by atoms with Gasteiger partial charge in [0.2, 0.25) is 5.78 Å². The van der Waals surface area contributed by atoms with E-state index in [1.54, 1.807) is 0 Å². The van der Waals surface area contributed by atoms with Gasteiger partial charge in [0, 0.05) is 13.6 Å². The molecule has 1 N–H and O–H groups in total. The number of benzene rings is 1. The maximum absolute atomic E-state index is 12.7. The van der Waals surface area contributed by atoms with Crippen LogP contribution >= 0.6 is 0 Å². The zero-order chi connectivity index (χ0) is 19.7. The van der Waals surface area contributed by atoms with Gasteiger partial charge in [-0.15, -0.1) is 0 Å². The molecule has 0 spiro atoms. The number of hydrogen-bond acceptors (Lipinski definition) is 5. The number of ether oxygens (including phenoxy) is 1. The molecule has 7 nitrogen and oxygen atoms in total. The van der Waals surface area contributed by atoms with E-state index in [9.17, 15) is 23.2 Å². The second kappa shape index (κ2) is 7.18. The normalized spacial score (nSPS) is 14.6. The van der Waals surface area contributed by atoms with Gasteiger partial charge in [0.25, 0.3) is 5.56 Å². The number of allylic oxidation sites excluding steroid dienone is 1. The molecular weight excluding hydrogens is 360 g/mol. The van der Waals surface area contributed by atoms with Gasteiger partial charge in [-0.25, -0.2) is 4.79 Å². The molecule has 0 bridgehead atoms. The average molecular weight is 377 g/mol. The topological polar surface area (TPSA) is 82.3 Å². The Labute approximate surface area is 152 Å².